The Bertz CT molecular complexity index is 373. The van der Waals surface area contributed by atoms with Crippen molar-refractivity contribution in [2.24, 2.45) is 11.7 Å². The summed E-state index contributed by atoms with van der Waals surface area (Å²) in [6.07, 6.45) is 3.80. The first-order valence-corrected chi connectivity index (χ1v) is 6.66. The van der Waals surface area contributed by atoms with Crippen molar-refractivity contribution in [3.8, 4) is 0 Å². The van der Waals surface area contributed by atoms with Crippen LogP contribution >= 0.6 is 28.1 Å². The summed E-state index contributed by atoms with van der Waals surface area (Å²) >= 11 is 8.37. The highest BCUT2D eigenvalue weighted by Gasteiger charge is 2.26. The fourth-order valence-corrected chi connectivity index (χ4v) is 2.24. The van der Waals surface area contributed by atoms with Crippen molar-refractivity contribution in [1.82, 2.24) is 5.32 Å². The lowest BCUT2D eigenvalue weighted by Crippen LogP contribution is -2.33. The van der Waals surface area contributed by atoms with Gasteiger partial charge in [0.05, 0.1) is 6.04 Å². The standard InChI is InChI=1S/C12H15BrN2S/c13-10-5-3-9(4-6-10)11(15-12(14)16)7-8-1-2-8/h3-6,8,11H,1-2,7H2,(H3,14,15,16). The lowest BCUT2D eigenvalue weighted by atomic mass is 10.0. The van der Waals surface area contributed by atoms with Crippen molar-refractivity contribution in [2.75, 3.05) is 0 Å². The van der Waals surface area contributed by atoms with E-state index in [1.807, 2.05) is 0 Å². The Labute approximate surface area is 110 Å². The molecule has 2 rings (SSSR count). The topological polar surface area (TPSA) is 38.0 Å². The molecule has 0 bridgehead atoms. The molecule has 2 nitrogen and oxygen atoms in total. The van der Waals surface area contributed by atoms with Gasteiger partial charge in [-0.05, 0) is 42.3 Å². The van der Waals surface area contributed by atoms with E-state index in [2.05, 4.69) is 45.5 Å². The van der Waals surface area contributed by atoms with Crippen molar-refractivity contribution in [2.45, 2.75) is 25.3 Å². The number of hydrogen-bond acceptors (Lipinski definition) is 1. The first-order valence-electron chi connectivity index (χ1n) is 5.46. The van der Waals surface area contributed by atoms with Crippen LogP contribution in [0.4, 0.5) is 0 Å². The largest absolute Gasteiger partial charge is 0.376 e. The lowest BCUT2D eigenvalue weighted by Gasteiger charge is -2.19. The molecular weight excluding hydrogens is 284 g/mol. The number of nitrogens with one attached hydrogen (secondary N) is 1. The second-order valence-corrected chi connectivity index (χ2v) is 5.65. The Morgan fingerprint density at radius 1 is 1.44 bits per heavy atom. The van der Waals surface area contributed by atoms with Crippen molar-refractivity contribution >= 4 is 33.3 Å². The van der Waals surface area contributed by atoms with E-state index in [1.165, 1.54) is 18.4 Å². The van der Waals surface area contributed by atoms with Gasteiger partial charge in [0, 0.05) is 4.47 Å². The third-order valence-corrected chi connectivity index (χ3v) is 3.50. The summed E-state index contributed by atoms with van der Waals surface area (Å²) in [5.74, 6) is 0.843. The number of thiocarbonyl (C=S) groups is 1. The van der Waals surface area contributed by atoms with Crippen LogP contribution in [0.5, 0.6) is 0 Å². The molecule has 3 N–H and O–H groups in total. The van der Waals surface area contributed by atoms with Gasteiger partial charge in [-0.15, -0.1) is 0 Å². The van der Waals surface area contributed by atoms with E-state index < -0.39 is 0 Å². The van der Waals surface area contributed by atoms with Crippen LogP contribution in [-0.4, -0.2) is 5.11 Å². The average molecular weight is 299 g/mol. The van der Waals surface area contributed by atoms with Crippen LogP contribution in [0.3, 0.4) is 0 Å². The molecule has 4 heteroatoms. The molecule has 0 spiro atoms. The minimum absolute atomic E-state index is 0.262. The van der Waals surface area contributed by atoms with Gasteiger partial charge in [0.15, 0.2) is 5.11 Å². The summed E-state index contributed by atoms with van der Waals surface area (Å²) in [5.41, 5.74) is 6.82. The smallest absolute Gasteiger partial charge is 0.164 e. The highest BCUT2D eigenvalue weighted by molar-refractivity contribution is 9.10. The van der Waals surface area contributed by atoms with E-state index in [0.717, 1.165) is 16.8 Å². The number of benzene rings is 1. The molecule has 0 aliphatic heterocycles. The van der Waals surface area contributed by atoms with Crippen molar-refractivity contribution < 1.29 is 0 Å². The molecule has 0 radical (unpaired) electrons. The van der Waals surface area contributed by atoms with Crippen molar-refractivity contribution in [3.63, 3.8) is 0 Å². The van der Waals surface area contributed by atoms with Crippen LogP contribution in [-0.2, 0) is 0 Å². The Morgan fingerprint density at radius 3 is 2.56 bits per heavy atom. The zero-order valence-electron chi connectivity index (χ0n) is 8.95. The summed E-state index contributed by atoms with van der Waals surface area (Å²) in [6, 6.07) is 8.59. The number of hydrogen-bond donors (Lipinski definition) is 2. The molecule has 1 fully saturated rings. The minimum atomic E-state index is 0.262. The predicted octanol–water partition coefficient (Wildman–Crippen LogP) is 3.12. The van der Waals surface area contributed by atoms with Crippen molar-refractivity contribution in [3.05, 3.63) is 34.3 Å². The first kappa shape index (κ1) is 11.9. The summed E-state index contributed by atoms with van der Waals surface area (Å²) in [5, 5.41) is 3.56. The summed E-state index contributed by atoms with van der Waals surface area (Å²) in [7, 11) is 0. The molecule has 0 heterocycles. The van der Waals surface area contributed by atoms with E-state index in [0.29, 0.717) is 5.11 Å². The average Bonchev–Trinajstić information content (AvgIpc) is 3.01. The fraction of sp³-hybridized carbons (Fsp3) is 0.417. The van der Waals surface area contributed by atoms with E-state index in [9.17, 15) is 0 Å². The Morgan fingerprint density at radius 2 is 2.06 bits per heavy atom. The molecule has 0 amide bonds. The quantitative estimate of drug-likeness (QED) is 0.839. The highest BCUT2D eigenvalue weighted by Crippen LogP contribution is 2.37. The molecule has 1 aliphatic rings. The molecule has 16 heavy (non-hydrogen) atoms. The predicted molar refractivity (Wildman–Crippen MR) is 74.1 cm³/mol. The minimum Gasteiger partial charge on any atom is -0.376 e. The summed E-state index contributed by atoms with van der Waals surface area (Å²) in [4.78, 5) is 0. The molecule has 86 valence electrons. The number of nitrogens with two attached hydrogens (primary N) is 1. The van der Waals surface area contributed by atoms with E-state index in [4.69, 9.17) is 18.0 Å². The van der Waals surface area contributed by atoms with Crippen LogP contribution in [0.2, 0.25) is 0 Å². The van der Waals surface area contributed by atoms with Gasteiger partial charge in [-0.2, -0.15) is 0 Å². The van der Waals surface area contributed by atoms with Crippen LogP contribution in [0.25, 0.3) is 0 Å². The van der Waals surface area contributed by atoms with E-state index >= 15 is 0 Å². The lowest BCUT2D eigenvalue weighted by molar-refractivity contribution is 0.549. The summed E-state index contributed by atoms with van der Waals surface area (Å²) in [6.45, 7) is 0. The molecule has 0 aromatic heterocycles. The SMILES string of the molecule is NC(=S)NC(CC1CC1)c1ccc(Br)cc1. The molecule has 1 saturated carbocycles. The molecule has 1 aliphatic carbocycles. The van der Waals surface area contributed by atoms with Gasteiger partial charge in [-0.3, -0.25) is 0 Å². The molecule has 0 saturated heterocycles. The Balaban J connectivity index is 2.09. The first-order chi connectivity index (χ1) is 7.65. The molecule has 1 unspecified atom stereocenters. The second kappa shape index (κ2) is 5.15. The van der Waals surface area contributed by atoms with Crippen LogP contribution < -0.4 is 11.1 Å². The fourth-order valence-electron chi connectivity index (χ4n) is 1.83. The van der Waals surface area contributed by atoms with Gasteiger partial charge in [0.2, 0.25) is 0 Å². The third kappa shape index (κ3) is 3.46. The van der Waals surface area contributed by atoms with Crippen LogP contribution in [0, 0.1) is 5.92 Å². The number of halogens is 1. The summed E-state index contributed by atoms with van der Waals surface area (Å²) < 4.78 is 1.09. The second-order valence-electron chi connectivity index (χ2n) is 4.29. The maximum absolute atomic E-state index is 5.57. The maximum Gasteiger partial charge on any atom is 0.164 e. The zero-order valence-corrected chi connectivity index (χ0v) is 11.4. The monoisotopic (exact) mass is 298 g/mol. The van der Waals surface area contributed by atoms with E-state index in [-0.39, 0.29) is 6.04 Å². The molecule has 1 aromatic rings. The van der Waals surface area contributed by atoms with Crippen LogP contribution in [0.15, 0.2) is 28.7 Å². The van der Waals surface area contributed by atoms with Gasteiger partial charge in [0.1, 0.15) is 0 Å². The van der Waals surface area contributed by atoms with E-state index in [1.54, 1.807) is 0 Å². The zero-order chi connectivity index (χ0) is 11.5. The third-order valence-electron chi connectivity index (χ3n) is 2.85. The van der Waals surface area contributed by atoms with Gasteiger partial charge in [0.25, 0.3) is 0 Å². The highest BCUT2D eigenvalue weighted by atomic mass is 79.9. The molecular formula is C12H15BrN2S. The number of rotatable bonds is 4. The maximum atomic E-state index is 5.57. The van der Waals surface area contributed by atoms with Crippen molar-refractivity contribution in [1.29, 1.82) is 0 Å². The van der Waals surface area contributed by atoms with Gasteiger partial charge in [-0.1, -0.05) is 40.9 Å². The van der Waals surface area contributed by atoms with Gasteiger partial charge < -0.3 is 11.1 Å². The van der Waals surface area contributed by atoms with Crippen LogP contribution in [0.1, 0.15) is 30.9 Å². The Hall–Kier alpha value is -0.610. The van der Waals surface area contributed by atoms with Gasteiger partial charge >= 0.3 is 0 Å². The molecule has 1 aromatic carbocycles. The Kier molecular flexibility index (Phi) is 3.82. The normalized spacial score (nSPS) is 16.8. The van der Waals surface area contributed by atoms with Gasteiger partial charge in [-0.25, -0.2) is 0 Å². The molecule has 1 atom stereocenters.